The number of aromatic nitrogens is 2. The van der Waals surface area contributed by atoms with Crippen molar-refractivity contribution in [3.05, 3.63) is 108 Å². The van der Waals surface area contributed by atoms with Crippen LogP contribution in [0.2, 0.25) is 0 Å². The van der Waals surface area contributed by atoms with Gasteiger partial charge in [-0.05, 0) is 24.3 Å². The fourth-order valence-corrected chi connectivity index (χ4v) is 3.12. The van der Waals surface area contributed by atoms with Crippen LogP contribution in [0.5, 0.6) is 0 Å². The Morgan fingerprint density at radius 2 is 1.45 bits per heavy atom. The van der Waals surface area contributed by atoms with E-state index in [9.17, 15) is 9.59 Å². The minimum atomic E-state index is -0.518. The average molecular weight is 411 g/mol. The summed E-state index contributed by atoms with van der Waals surface area (Å²) in [6, 6.07) is 28.2. The molecule has 1 amide bonds. The third kappa shape index (κ3) is 5.05. The van der Waals surface area contributed by atoms with E-state index in [2.05, 4.69) is 5.32 Å². The van der Waals surface area contributed by atoms with Crippen LogP contribution in [0.15, 0.2) is 97.2 Å². The Labute approximate surface area is 180 Å². The molecule has 1 heterocycles. The van der Waals surface area contributed by atoms with Gasteiger partial charge in [0.15, 0.2) is 0 Å². The van der Waals surface area contributed by atoms with Crippen LogP contribution in [-0.4, -0.2) is 28.2 Å². The molecule has 0 saturated heterocycles. The largest absolute Gasteiger partial charge is 0.459 e. The fourth-order valence-electron chi connectivity index (χ4n) is 3.12. The maximum atomic E-state index is 12.2. The Morgan fingerprint density at radius 1 is 0.839 bits per heavy atom. The molecule has 6 heteroatoms. The van der Waals surface area contributed by atoms with Crippen molar-refractivity contribution in [3.63, 3.8) is 0 Å². The molecule has 1 aromatic heterocycles. The zero-order valence-corrected chi connectivity index (χ0v) is 16.8. The van der Waals surface area contributed by atoms with Gasteiger partial charge in [-0.25, -0.2) is 4.68 Å². The summed E-state index contributed by atoms with van der Waals surface area (Å²) in [5.74, 6) is -0.838. The minimum Gasteiger partial charge on any atom is -0.459 e. The second-order valence-corrected chi connectivity index (χ2v) is 6.86. The second-order valence-electron chi connectivity index (χ2n) is 6.86. The third-order valence-corrected chi connectivity index (χ3v) is 4.68. The fraction of sp³-hybridized carbons (Fsp3) is 0.0800. The van der Waals surface area contributed by atoms with Crippen molar-refractivity contribution in [2.24, 2.45) is 0 Å². The van der Waals surface area contributed by atoms with E-state index in [0.717, 1.165) is 22.5 Å². The standard InChI is InChI=1S/C25H21N3O3/c29-23(16-26-25(30)20-12-6-2-7-13-20)31-18-21-17-28(22-14-8-3-9-15-22)27-24(21)19-10-4-1-5-11-19/h1-15,17H,16,18H2,(H,26,30). The Morgan fingerprint density at radius 3 is 2.13 bits per heavy atom. The number of para-hydroxylation sites is 1. The van der Waals surface area contributed by atoms with E-state index in [1.165, 1.54) is 0 Å². The van der Waals surface area contributed by atoms with Crippen molar-refractivity contribution in [2.45, 2.75) is 6.61 Å². The van der Waals surface area contributed by atoms with Gasteiger partial charge >= 0.3 is 5.97 Å². The molecule has 0 saturated carbocycles. The molecule has 0 aliphatic rings. The molecule has 0 unspecified atom stereocenters. The highest BCUT2D eigenvalue weighted by atomic mass is 16.5. The Kier molecular flexibility index (Phi) is 6.18. The van der Waals surface area contributed by atoms with E-state index in [0.29, 0.717) is 5.56 Å². The molecule has 0 bridgehead atoms. The molecule has 6 nitrogen and oxygen atoms in total. The summed E-state index contributed by atoms with van der Waals surface area (Å²) in [6.07, 6.45) is 1.85. The summed E-state index contributed by atoms with van der Waals surface area (Å²) in [5.41, 5.74) is 3.85. The molecular formula is C25H21N3O3. The highest BCUT2D eigenvalue weighted by molar-refractivity contribution is 5.95. The minimum absolute atomic E-state index is 0.0527. The van der Waals surface area contributed by atoms with Crippen LogP contribution in [0.25, 0.3) is 16.9 Å². The van der Waals surface area contributed by atoms with Crippen LogP contribution in [-0.2, 0) is 16.1 Å². The Hall–Kier alpha value is -4.19. The van der Waals surface area contributed by atoms with E-state index < -0.39 is 5.97 Å². The van der Waals surface area contributed by atoms with Crippen LogP contribution in [0.4, 0.5) is 0 Å². The maximum absolute atomic E-state index is 12.2. The number of benzene rings is 3. The van der Waals surface area contributed by atoms with Crippen molar-refractivity contribution >= 4 is 11.9 Å². The molecule has 31 heavy (non-hydrogen) atoms. The number of ether oxygens (including phenoxy) is 1. The molecule has 4 aromatic rings. The quantitative estimate of drug-likeness (QED) is 0.466. The number of hydrogen-bond donors (Lipinski definition) is 1. The summed E-state index contributed by atoms with van der Waals surface area (Å²) in [5, 5.41) is 7.28. The molecule has 154 valence electrons. The number of nitrogens with one attached hydrogen (secondary N) is 1. The highest BCUT2D eigenvalue weighted by Gasteiger charge is 2.15. The Bertz CT molecular complexity index is 1160. The first kappa shape index (κ1) is 20.1. The van der Waals surface area contributed by atoms with Crippen LogP contribution >= 0.6 is 0 Å². The molecule has 4 rings (SSSR count). The third-order valence-electron chi connectivity index (χ3n) is 4.68. The van der Waals surface area contributed by atoms with Gasteiger partial charge in [-0.2, -0.15) is 5.10 Å². The summed E-state index contributed by atoms with van der Waals surface area (Å²) < 4.78 is 7.19. The topological polar surface area (TPSA) is 73.2 Å². The van der Waals surface area contributed by atoms with Crippen LogP contribution < -0.4 is 5.32 Å². The first-order valence-corrected chi connectivity index (χ1v) is 9.89. The molecule has 0 atom stereocenters. The normalized spacial score (nSPS) is 10.5. The van der Waals surface area contributed by atoms with Crippen molar-refractivity contribution < 1.29 is 14.3 Å². The second kappa shape index (κ2) is 9.54. The van der Waals surface area contributed by atoms with E-state index in [1.807, 2.05) is 72.9 Å². The lowest BCUT2D eigenvalue weighted by Crippen LogP contribution is -2.30. The van der Waals surface area contributed by atoms with Gasteiger partial charge in [-0.3, -0.25) is 9.59 Å². The van der Waals surface area contributed by atoms with Crippen LogP contribution in [0.1, 0.15) is 15.9 Å². The molecule has 1 N–H and O–H groups in total. The first-order valence-electron chi connectivity index (χ1n) is 9.89. The molecule has 0 aliphatic carbocycles. The molecule has 0 radical (unpaired) electrons. The lowest BCUT2D eigenvalue weighted by Gasteiger charge is -2.07. The molecule has 3 aromatic carbocycles. The number of rotatable bonds is 7. The average Bonchev–Trinajstić information content (AvgIpc) is 3.27. The highest BCUT2D eigenvalue weighted by Crippen LogP contribution is 2.24. The van der Waals surface area contributed by atoms with E-state index in [1.54, 1.807) is 28.9 Å². The van der Waals surface area contributed by atoms with Crippen molar-refractivity contribution in [1.29, 1.82) is 0 Å². The summed E-state index contributed by atoms with van der Waals surface area (Å²) in [4.78, 5) is 24.3. The number of carbonyl (C=O) groups is 2. The number of nitrogens with zero attached hydrogens (tertiary/aromatic N) is 2. The lowest BCUT2D eigenvalue weighted by atomic mass is 10.1. The maximum Gasteiger partial charge on any atom is 0.325 e. The first-order chi connectivity index (χ1) is 15.2. The van der Waals surface area contributed by atoms with Gasteiger partial charge in [-0.15, -0.1) is 0 Å². The number of hydrogen-bond acceptors (Lipinski definition) is 4. The summed E-state index contributed by atoms with van der Waals surface area (Å²) >= 11 is 0. The van der Waals surface area contributed by atoms with Crippen molar-refractivity contribution in [3.8, 4) is 16.9 Å². The lowest BCUT2D eigenvalue weighted by molar-refractivity contribution is -0.143. The van der Waals surface area contributed by atoms with Gasteiger partial charge in [0.2, 0.25) is 0 Å². The van der Waals surface area contributed by atoms with Crippen LogP contribution in [0, 0.1) is 0 Å². The SMILES string of the molecule is O=C(CNC(=O)c1ccccc1)OCc1cn(-c2ccccc2)nc1-c1ccccc1. The number of amides is 1. The van der Waals surface area contributed by atoms with Gasteiger partial charge < -0.3 is 10.1 Å². The van der Waals surface area contributed by atoms with E-state index in [4.69, 9.17) is 9.84 Å². The van der Waals surface area contributed by atoms with Crippen molar-refractivity contribution in [1.82, 2.24) is 15.1 Å². The van der Waals surface area contributed by atoms with E-state index >= 15 is 0 Å². The predicted molar refractivity (Wildman–Crippen MR) is 118 cm³/mol. The van der Waals surface area contributed by atoms with Gasteiger partial charge in [-0.1, -0.05) is 66.7 Å². The van der Waals surface area contributed by atoms with Crippen molar-refractivity contribution in [2.75, 3.05) is 6.54 Å². The molecule has 0 spiro atoms. The summed E-state index contributed by atoms with van der Waals surface area (Å²) in [7, 11) is 0. The zero-order valence-electron chi connectivity index (χ0n) is 16.8. The molecule has 0 aliphatic heterocycles. The van der Waals surface area contributed by atoms with Gasteiger partial charge in [0.25, 0.3) is 5.91 Å². The van der Waals surface area contributed by atoms with Crippen LogP contribution in [0.3, 0.4) is 0 Å². The molecular weight excluding hydrogens is 390 g/mol. The summed E-state index contributed by atoms with van der Waals surface area (Å²) in [6.45, 7) is -0.154. The smallest absolute Gasteiger partial charge is 0.325 e. The number of esters is 1. The van der Waals surface area contributed by atoms with E-state index in [-0.39, 0.29) is 19.1 Å². The zero-order chi connectivity index (χ0) is 21.5. The van der Waals surface area contributed by atoms with Gasteiger partial charge in [0.05, 0.1) is 11.4 Å². The predicted octanol–water partition coefficient (Wildman–Crippen LogP) is 4.01. The Balaban J connectivity index is 1.45. The van der Waals surface area contributed by atoms with Gasteiger partial charge in [0, 0.05) is 22.9 Å². The molecule has 0 fully saturated rings. The number of carbonyl (C=O) groups excluding carboxylic acids is 2. The van der Waals surface area contributed by atoms with Gasteiger partial charge in [0.1, 0.15) is 13.2 Å². The monoisotopic (exact) mass is 411 g/mol.